The highest BCUT2D eigenvalue weighted by Crippen LogP contribution is 2.28. The third kappa shape index (κ3) is 4.87. The average Bonchev–Trinajstić information content (AvgIpc) is 2.36. The Labute approximate surface area is 119 Å². The summed E-state index contributed by atoms with van der Waals surface area (Å²) in [5.41, 5.74) is 8.87. The molecule has 2 N–H and O–H groups in total. The van der Waals surface area contributed by atoms with Crippen LogP contribution in [0.5, 0.6) is 0 Å². The second-order valence-corrected chi connectivity index (χ2v) is 6.27. The molecule has 0 aliphatic rings. The van der Waals surface area contributed by atoms with Crippen LogP contribution in [0.3, 0.4) is 0 Å². The summed E-state index contributed by atoms with van der Waals surface area (Å²) in [4.78, 5) is 2.50. The molecule has 0 amide bonds. The lowest BCUT2D eigenvalue weighted by Gasteiger charge is -2.31. The van der Waals surface area contributed by atoms with Crippen molar-refractivity contribution in [3.63, 3.8) is 0 Å². The van der Waals surface area contributed by atoms with Crippen LogP contribution in [-0.2, 0) is 0 Å². The van der Waals surface area contributed by atoms with Crippen LogP contribution in [0.25, 0.3) is 0 Å². The zero-order chi connectivity index (χ0) is 14.4. The van der Waals surface area contributed by atoms with E-state index in [2.05, 4.69) is 63.8 Å². The van der Waals surface area contributed by atoms with Crippen molar-refractivity contribution in [2.45, 2.75) is 47.1 Å². The maximum atomic E-state index is 6.27. The van der Waals surface area contributed by atoms with Crippen LogP contribution in [0.1, 0.15) is 52.6 Å². The molecule has 0 bridgehead atoms. The molecule has 0 fully saturated rings. The van der Waals surface area contributed by atoms with Crippen LogP contribution in [0.4, 0.5) is 5.69 Å². The number of hydrogen-bond acceptors (Lipinski definition) is 2. The van der Waals surface area contributed by atoms with Gasteiger partial charge in [0.1, 0.15) is 0 Å². The molecule has 1 atom stereocenters. The Morgan fingerprint density at radius 3 is 2.00 bits per heavy atom. The van der Waals surface area contributed by atoms with Gasteiger partial charge >= 0.3 is 0 Å². The van der Waals surface area contributed by atoms with Gasteiger partial charge in [-0.3, -0.25) is 0 Å². The minimum absolute atomic E-state index is 0.137. The molecule has 2 heteroatoms. The minimum Gasteiger partial charge on any atom is -0.371 e. The fraction of sp³-hybridized carbons (Fsp3) is 0.647. The van der Waals surface area contributed by atoms with Gasteiger partial charge in [0, 0.05) is 24.8 Å². The van der Waals surface area contributed by atoms with E-state index in [0.717, 1.165) is 19.5 Å². The number of benzene rings is 1. The fourth-order valence-electron chi connectivity index (χ4n) is 2.46. The van der Waals surface area contributed by atoms with Crippen LogP contribution >= 0.6 is 0 Å². The summed E-state index contributed by atoms with van der Waals surface area (Å²) < 4.78 is 0. The fourth-order valence-corrected chi connectivity index (χ4v) is 2.46. The monoisotopic (exact) mass is 262 g/mol. The SMILES string of the molecule is CC[C@H](N)c1ccccc1N(CC(C)C)CC(C)C. The first-order chi connectivity index (χ1) is 8.95. The molecule has 1 rings (SSSR count). The molecular weight excluding hydrogens is 232 g/mol. The van der Waals surface area contributed by atoms with Crippen LogP contribution in [-0.4, -0.2) is 13.1 Å². The molecule has 0 heterocycles. The molecule has 0 spiro atoms. The molecule has 0 radical (unpaired) electrons. The number of rotatable bonds is 7. The zero-order valence-electron chi connectivity index (χ0n) is 13.2. The number of anilines is 1. The third-order valence-electron chi connectivity index (χ3n) is 3.29. The molecule has 0 aromatic heterocycles. The Bertz CT molecular complexity index is 361. The quantitative estimate of drug-likeness (QED) is 0.797. The van der Waals surface area contributed by atoms with Gasteiger partial charge in [-0.15, -0.1) is 0 Å². The molecule has 1 aromatic carbocycles. The lowest BCUT2D eigenvalue weighted by Crippen LogP contribution is -2.32. The summed E-state index contributed by atoms with van der Waals surface area (Å²) in [6, 6.07) is 8.75. The molecule has 2 nitrogen and oxygen atoms in total. The van der Waals surface area contributed by atoms with Gasteiger partial charge in [0.05, 0.1) is 0 Å². The molecule has 19 heavy (non-hydrogen) atoms. The van der Waals surface area contributed by atoms with Gasteiger partial charge < -0.3 is 10.6 Å². The predicted molar refractivity (Wildman–Crippen MR) is 85.6 cm³/mol. The summed E-state index contributed by atoms with van der Waals surface area (Å²) in [5, 5.41) is 0. The van der Waals surface area contributed by atoms with E-state index in [0.29, 0.717) is 11.8 Å². The highest BCUT2D eigenvalue weighted by Gasteiger charge is 2.16. The van der Waals surface area contributed by atoms with E-state index in [1.165, 1.54) is 11.3 Å². The summed E-state index contributed by atoms with van der Waals surface area (Å²) in [5.74, 6) is 1.31. The number of nitrogens with two attached hydrogens (primary N) is 1. The second-order valence-electron chi connectivity index (χ2n) is 6.27. The van der Waals surface area contributed by atoms with E-state index < -0.39 is 0 Å². The summed E-state index contributed by atoms with van der Waals surface area (Å²) in [6.45, 7) is 13.4. The molecule has 108 valence electrons. The van der Waals surface area contributed by atoms with Crippen molar-refractivity contribution in [2.24, 2.45) is 17.6 Å². The van der Waals surface area contributed by atoms with Crippen molar-refractivity contribution in [3.8, 4) is 0 Å². The van der Waals surface area contributed by atoms with Gasteiger partial charge in [0.2, 0.25) is 0 Å². The Morgan fingerprint density at radius 2 is 1.53 bits per heavy atom. The first-order valence-corrected chi connectivity index (χ1v) is 7.55. The standard InChI is InChI=1S/C17H30N2/c1-6-16(18)15-9-7-8-10-17(15)19(11-13(2)3)12-14(4)5/h7-10,13-14,16H,6,11-12,18H2,1-5H3/t16-/m0/s1. The third-order valence-corrected chi connectivity index (χ3v) is 3.29. The largest absolute Gasteiger partial charge is 0.371 e. The summed E-state index contributed by atoms with van der Waals surface area (Å²) in [6.07, 6.45) is 0.980. The first-order valence-electron chi connectivity index (χ1n) is 7.55. The maximum absolute atomic E-state index is 6.27. The number of para-hydroxylation sites is 1. The van der Waals surface area contributed by atoms with Crippen molar-refractivity contribution in [1.82, 2.24) is 0 Å². The molecule has 0 saturated carbocycles. The molecule has 1 aromatic rings. The van der Waals surface area contributed by atoms with E-state index in [1.54, 1.807) is 0 Å². The molecule has 0 aliphatic heterocycles. The Hall–Kier alpha value is -1.02. The van der Waals surface area contributed by atoms with E-state index in [1.807, 2.05) is 0 Å². The normalized spacial score (nSPS) is 13.1. The molecular formula is C17H30N2. The topological polar surface area (TPSA) is 29.3 Å². The van der Waals surface area contributed by atoms with Crippen LogP contribution in [0.15, 0.2) is 24.3 Å². The lowest BCUT2D eigenvalue weighted by molar-refractivity contribution is 0.549. The van der Waals surface area contributed by atoms with E-state index in [9.17, 15) is 0 Å². The lowest BCUT2D eigenvalue weighted by atomic mass is 10.0. The average molecular weight is 262 g/mol. The van der Waals surface area contributed by atoms with Gasteiger partial charge in [0.25, 0.3) is 0 Å². The van der Waals surface area contributed by atoms with Crippen molar-refractivity contribution in [1.29, 1.82) is 0 Å². The van der Waals surface area contributed by atoms with Crippen molar-refractivity contribution >= 4 is 5.69 Å². The minimum atomic E-state index is 0.137. The van der Waals surface area contributed by atoms with Crippen LogP contribution < -0.4 is 10.6 Å². The first kappa shape index (κ1) is 16.0. The van der Waals surface area contributed by atoms with E-state index in [4.69, 9.17) is 5.73 Å². The van der Waals surface area contributed by atoms with E-state index in [-0.39, 0.29) is 6.04 Å². The molecule has 0 unspecified atom stereocenters. The van der Waals surface area contributed by atoms with Gasteiger partial charge in [-0.1, -0.05) is 52.8 Å². The Balaban J connectivity index is 3.06. The van der Waals surface area contributed by atoms with Gasteiger partial charge in [-0.05, 0) is 29.9 Å². The molecule has 0 aliphatic carbocycles. The summed E-state index contributed by atoms with van der Waals surface area (Å²) >= 11 is 0. The Morgan fingerprint density at radius 1 is 1.00 bits per heavy atom. The van der Waals surface area contributed by atoms with Crippen molar-refractivity contribution < 1.29 is 0 Å². The van der Waals surface area contributed by atoms with Gasteiger partial charge in [0.15, 0.2) is 0 Å². The number of hydrogen-bond donors (Lipinski definition) is 1. The highest BCUT2D eigenvalue weighted by atomic mass is 15.1. The van der Waals surface area contributed by atoms with Crippen LogP contribution in [0, 0.1) is 11.8 Å². The van der Waals surface area contributed by atoms with Crippen LogP contribution in [0.2, 0.25) is 0 Å². The van der Waals surface area contributed by atoms with E-state index >= 15 is 0 Å². The summed E-state index contributed by atoms with van der Waals surface area (Å²) in [7, 11) is 0. The predicted octanol–water partition coefficient (Wildman–Crippen LogP) is 4.21. The van der Waals surface area contributed by atoms with Crippen molar-refractivity contribution in [3.05, 3.63) is 29.8 Å². The van der Waals surface area contributed by atoms with Gasteiger partial charge in [-0.25, -0.2) is 0 Å². The highest BCUT2D eigenvalue weighted by molar-refractivity contribution is 5.55. The molecule has 0 saturated heterocycles. The smallest absolute Gasteiger partial charge is 0.0414 e. The van der Waals surface area contributed by atoms with Gasteiger partial charge in [-0.2, -0.15) is 0 Å². The zero-order valence-corrected chi connectivity index (χ0v) is 13.2. The Kier molecular flexibility index (Phi) is 6.36. The number of nitrogens with zero attached hydrogens (tertiary/aromatic N) is 1. The second kappa shape index (κ2) is 7.54. The maximum Gasteiger partial charge on any atom is 0.0414 e. The van der Waals surface area contributed by atoms with Crippen molar-refractivity contribution in [2.75, 3.05) is 18.0 Å².